The predicted molar refractivity (Wildman–Crippen MR) is 69.0 cm³/mol. The molecule has 0 saturated carbocycles. The summed E-state index contributed by atoms with van der Waals surface area (Å²) in [5, 5.41) is 15.4. The average molecular weight is 240 g/mol. The highest BCUT2D eigenvalue weighted by Gasteiger charge is 2.09. The minimum Gasteiger partial charge on any atom is -0.374 e. The van der Waals surface area contributed by atoms with Crippen molar-refractivity contribution in [3.8, 4) is 6.07 Å². The van der Waals surface area contributed by atoms with Crippen LogP contribution < -0.4 is 10.6 Å². The number of benzene rings is 1. The van der Waals surface area contributed by atoms with E-state index < -0.39 is 0 Å². The van der Waals surface area contributed by atoms with E-state index >= 15 is 0 Å². The summed E-state index contributed by atoms with van der Waals surface area (Å²) in [5.41, 5.74) is 1.86. The third-order valence-electron chi connectivity index (χ3n) is 2.60. The molecule has 0 radical (unpaired) electrons. The second-order valence-electron chi connectivity index (χ2n) is 3.70. The zero-order valence-corrected chi connectivity index (χ0v) is 9.90. The number of nitrogens with zero attached hydrogens (tertiary/aromatic N) is 2. The number of anilines is 1. The van der Waals surface area contributed by atoms with Gasteiger partial charge in [0, 0.05) is 18.6 Å². The molecule has 0 spiro atoms. The molecule has 18 heavy (non-hydrogen) atoms. The Labute approximate surface area is 104 Å². The summed E-state index contributed by atoms with van der Waals surface area (Å²) in [6, 6.07) is 9.56. The van der Waals surface area contributed by atoms with Gasteiger partial charge in [0.1, 0.15) is 6.07 Å². The van der Waals surface area contributed by atoms with E-state index in [1.165, 1.54) is 6.20 Å². The summed E-state index contributed by atoms with van der Waals surface area (Å²) in [6.07, 6.45) is 1.51. The molecular formula is C13H12N4O. The van der Waals surface area contributed by atoms with E-state index in [1.54, 1.807) is 7.05 Å². The number of carbonyl (C=O) groups is 1. The molecule has 0 aliphatic carbocycles. The van der Waals surface area contributed by atoms with Crippen LogP contribution in [0, 0.1) is 11.3 Å². The maximum Gasteiger partial charge on any atom is 0.239 e. The molecule has 1 aromatic carbocycles. The molecule has 0 fully saturated rings. The number of aromatic nitrogens is 1. The lowest BCUT2D eigenvalue weighted by Gasteiger charge is -2.10. The standard InChI is InChI=1S/C13H12N4O/c1-15-12(18)8-17-13-9(6-14)7-16-11-5-3-2-4-10(11)13/h2-5,7H,8H2,1H3,(H,15,18)(H,16,17). The molecule has 2 N–H and O–H groups in total. The zero-order chi connectivity index (χ0) is 13.0. The van der Waals surface area contributed by atoms with E-state index in [4.69, 9.17) is 5.26 Å². The fraction of sp³-hybridized carbons (Fsp3) is 0.154. The molecule has 90 valence electrons. The number of nitriles is 1. The second-order valence-corrected chi connectivity index (χ2v) is 3.70. The van der Waals surface area contributed by atoms with Crippen LogP contribution >= 0.6 is 0 Å². The van der Waals surface area contributed by atoms with Gasteiger partial charge in [-0.15, -0.1) is 0 Å². The molecule has 0 unspecified atom stereocenters. The van der Waals surface area contributed by atoms with Crippen LogP contribution in [0.4, 0.5) is 5.69 Å². The van der Waals surface area contributed by atoms with Crippen LogP contribution in [0.2, 0.25) is 0 Å². The number of carbonyl (C=O) groups excluding carboxylic acids is 1. The largest absolute Gasteiger partial charge is 0.374 e. The van der Waals surface area contributed by atoms with Gasteiger partial charge in [0.15, 0.2) is 0 Å². The van der Waals surface area contributed by atoms with Crippen LogP contribution in [0.3, 0.4) is 0 Å². The number of nitrogens with one attached hydrogen (secondary N) is 2. The van der Waals surface area contributed by atoms with Crippen LogP contribution in [0.15, 0.2) is 30.5 Å². The molecule has 5 nitrogen and oxygen atoms in total. The molecule has 0 saturated heterocycles. The molecule has 0 atom stereocenters. The van der Waals surface area contributed by atoms with Crippen molar-refractivity contribution < 1.29 is 4.79 Å². The topological polar surface area (TPSA) is 77.8 Å². The highest BCUT2D eigenvalue weighted by Crippen LogP contribution is 2.24. The predicted octanol–water partition coefficient (Wildman–Crippen LogP) is 1.26. The number of likely N-dealkylation sites (N-methyl/N-ethyl adjacent to an activating group) is 1. The van der Waals surface area contributed by atoms with Crippen molar-refractivity contribution >= 4 is 22.5 Å². The highest BCUT2D eigenvalue weighted by molar-refractivity contribution is 5.95. The number of pyridine rings is 1. The zero-order valence-electron chi connectivity index (χ0n) is 9.90. The van der Waals surface area contributed by atoms with Crippen molar-refractivity contribution in [2.24, 2.45) is 0 Å². The van der Waals surface area contributed by atoms with Crippen molar-refractivity contribution in [1.29, 1.82) is 5.26 Å². The first-order chi connectivity index (χ1) is 8.76. The maximum atomic E-state index is 11.2. The van der Waals surface area contributed by atoms with Gasteiger partial charge in [-0.1, -0.05) is 18.2 Å². The smallest absolute Gasteiger partial charge is 0.239 e. The van der Waals surface area contributed by atoms with Crippen molar-refractivity contribution in [3.63, 3.8) is 0 Å². The Morgan fingerprint density at radius 1 is 1.44 bits per heavy atom. The van der Waals surface area contributed by atoms with Gasteiger partial charge in [0.25, 0.3) is 0 Å². The monoisotopic (exact) mass is 240 g/mol. The first-order valence-corrected chi connectivity index (χ1v) is 5.48. The summed E-state index contributed by atoms with van der Waals surface area (Å²) in [7, 11) is 1.57. The Morgan fingerprint density at radius 2 is 2.22 bits per heavy atom. The molecule has 2 aromatic rings. The number of amides is 1. The van der Waals surface area contributed by atoms with Crippen molar-refractivity contribution in [1.82, 2.24) is 10.3 Å². The van der Waals surface area contributed by atoms with E-state index in [-0.39, 0.29) is 12.5 Å². The fourth-order valence-electron chi connectivity index (χ4n) is 1.67. The Kier molecular flexibility index (Phi) is 3.39. The third kappa shape index (κ3) is 2.23. The molecule has 2 rings (SSSR count). The molecule has 5 heteroatoms. The first-order valence-electron chi connectivity index (χ1n) is 5.48. The van der Waals surface area contributed by atoms with E-state index in [2.05, 4.69) is 21.7 Å². The maximum absolute atomic E-state index is 11.2. The van der Waals surface area contributed by atoms with Gasteiger partial charge in [-0.25, -0.2) is 0 Å². The molecule has 0 bridgehead atoms. The fourth-order valence-corrected chi connectivity index (χ4v) is 1.67. The van der Waals surface area contributed by atoms with E-state index in [1.807, 2.05) is 24.3 Å². The second kappa shape index (κ2) is 5.15. The van der Waals surface area contributed by atoms with Gasteiger partial charge in [0.05, 0.1) is 23.3 Å². The van der Waals surface area contributed by atoms with Crippen LogP contribution in [0.5, 0.6) is 0 Å². The van der Waals surface area contributed by atoms with Crippen LogP contribution in [0.25, 0.3) is 10.9 Å². The SMILES string of the molecule is CNC(=O)CNc1c(C#N)cnc2ccccc12. The number of para-hydroxylation sites is 1. The van der Waals surface area contributed by atoms with Crippen molar-refractivity contribution in [3.05, 3.63) is 36.0 Å². The minimum absolute atomic E-state index is 0.124. The molecule has 1 aromatic heterocycles. The van der Waals surface area contributed by atoms with Crippen LogP contribution in [0.1, 0.15) is 5.56 Å². The number of hydrogen-bond acceptors (Lipinski definition) is 4. The molecule has 1 heterocycles. The van der Waals surface area contributed by atoms with Gasteiger partial charge in [-0.3, -0.25) is 9.78 Å². The van der Waals surface area contributed by atoms with Crippen LogP contribution in [-0.2, 0) is 4.79 Å². The van der Waals surface area contributed by atoms with Gasteiger partial charge >= 0.3 is 0 Å². The molecule has 0 aliphatic rings. The normalized spacial score (nSPS) is 9.78. The quantitative estimate of drug-likeness (QED) is 0.846. The third-order valence-corrected chi connectivity index (χ3v) is 2.60. The lowest BCUT2D eigenvalue weighted by molar-refractivity contribution is -0.118. The Hall–Kier alpha value is -2.61. The van der Waals surface area contributed by atoms with Gasteiger partial charge in [0.2, 0.25) is 5.91 Å². The Morgan fingerprint density at radius 3 is 2.94 bits per heavy atom. The summed E-state index contributed by atoms with van der Waals surface area (Å²) in [5.74, 6) is -0.139. The van der Waals surface area contributed by atoms with E-state index in [0.29, 0.717) is 11.3 Å². The summed E-state index contributed by atoms with van der Waals surface area (Å²) in [4.78, 5) is 15.4. The number of fused-ring (bicyclic) bond motifs is 1. The van der Waals surface area contributed by atoms with Gasteiger partial charge in [-0.2, -0.15) is 5.26 Å². The van der Waals surface area contributed by atoms with E-state index in [9.17, 15) is 4.79 Å². The van der Waals surface area contributed by atoms with Crippen molar-refractivity contribution in [2.45, 2.75) is 0 Å². The Balaban J connectivity index is 2.45. The van der Waals surface area contributed by atoms with Gasteiger partial charge in [-0.05, 0) is 6.07 Å². The lowest BCUT2D eigenvalue weighted by atomic mass is 10.1. The van der Waals surface area contributed by atoms with Crippen molar-refractivity contribution in [2.75, 3.05) is 18.9 Å². The molecular weight excluding hydrogens is 228 g/mol. The number of hydrogen-bond donors (Lipinski definition) is 2. The molecule has 1 amide bonds. The summed E-state index contributed by atoms with van der Waals surface area (Å²) < 4.78 is 0. The average Bonchev–Trinajstić information content (AvgIpc) is 2.44. The summed E-state index contributed by atoms with van der Waals surface area (Å²) in [6.45, 7) is 0.124. The van der Waals surface area contributed by atoms with Gasteiger partial charge < -0.3 is 10.6 Å². The number of rotatable bonds is 3. The summed E-state index contributed by atoms with van der Waals surface area (Å²) >= 11 is 0. The van der Waals surface area contributed by atoms with Crippen LogP contribution in [-0.4, -0.2) is 24.5 Å². The minimum atomic E-state index is -0.139. The van der Waals surface area contributed by atoms with E-state index in [0.717, 1.165) is 10.9 Å². The molecule has 0 aliphatic heterocycles. The highest BCUT2D eigenvalue weighted by atomic mass is 16.1. The lowest BCUT2D eigenvalue weighted by Crippen LogP contribution is -2.26. The first kappa shape index (κ1) is 11.9. The Bertz CT molecular complexity index is 630.